The van der Waals surface area contributed by atoms with Crippen LogP contribution < -0.4 is 5.32 Å². The number of methoxy groups -OCH3 is 1. The maximum Gasteiger partial charge on any atom is 0.337 e. The van der Waals surface area contributed by atoms with Gasteiger partial charge in [-0.2, -0.15) is 0 Å². The Hall–Kier alpha value is -2.01. The minimum Gasteiger partial charge on any atom is -0.465 e. The average Bonchev–Trinajstić information content (AvgIpc) is 2.76. The fraction of sp³-hybridized carbons (Fsp3) is 0.286. The number of anilines is 1. The predicted molar refractivity (Wildman–Crippen MR) is 76.1 cm³/mol. The highest BCUT2D eigenvalue weighted by Gasteiger charge is 2.11. The Morgan fingerprint density at radius 2 is 2.20 bits per heavy atom. The van der Waals surface area contributed by atoms with Crippen molar-refractivity contribution in [1.29, 1.82) is 0 Å². The van der Waals surface area contributed by atoms with Gasteiger partial charge in [-0.15, -0.1) is 0 Å². The summed E-state index contributed by atoms with van der Waals surface area (Å²) in [7, 11) is 1.34. The monoisotopic (exact) mass is 294 g/mol. The molecule has 0 bridgehead atoms. The van der Waals surface area contributed by atoms with Crippen molar-refractivity contribution in [2.45, 2.75) is 20.4 Å². The molecule has 1 aromatic carbocycles. The smallest absolute Gasteiger partial charge is 0.337 e. The number of rotatable bonds is 4. The van der Waals surface area contributed by atoms with Crippen molar-refractivity contribution < 1.29 is 14.1 Å². The molecule has 106 valence electrons. The molecule has 2 aromatic rings. The molecule has 0 saturated carbocycles. The van der Waals surface area contributed by atoms with Crippen LogP contribution in [0.1, 0.15) is 27.4 Å². The Morgan fingerprint density at radius 3 is 2.80 bits per heavy atom. The Balaban J connectivity index is 2.19. The number of ether oxygens (including phenoxy) is 1. The van der Waals surface area contributed by atoms with Gasteiger partial charge < -0.3 is 14.6 Å². The molecule has 0 radical (unpaired) electrons. The molecule has 0 spiro atoms. The van der Waals surface area contributed by atoms with E-state index in [-0.39, 0.29) is 0 Å². The van der Waals surface area contributed by atoms with Crippen LogP contribution in [0.3, 0.4) is 0 Å². The summed E-state index contributed by atoms with van der Waals surface area (Å²) in [6, 6.07) is 4.94. The zero-order chi connectivity index (χ0) is 14.7. The first-order chi connectivity index (χ1) is 9.52. The highest BCUT2D eigenvalue weighted by molar-refractivity contribution is 6.33. The van der Waals surface area contributed by atoms with Crippen molar-refractivity contribution in [3.63, 3.8) is 0 Å². The van der Waals surface area contributed by atoms with Crippen LogP contribution in [0.4, 0.5) is 5.69 Å². The van der Waals surface area contributed by atoms with Crippen LogP contribution in [0.5, 0.6) is 0 Å². The maximum absolute atomic E-state index is 11.5. The van der Waals surface area contributed by atoms with Crippen molar-refractivity contribution in [2.24, 2.45) is 0 Å². The number of hydrogen-bond acceptors (Lipinski definition) is 5. The number of aryl methyl sites for hydroxylation is 2. The van der Waals surface area contributed by atoms with Crippen LogP contribution in [-0.4, -0.2) is 18.2 Å². The zero-order valence-corrected chi connectivity index (χ0v) is 12.2. The van der Waals surface area contributed by atoms with E-state index in [1.54, 1.807) is 18.2 Å². The fourth-order valence-corrected chi connectivity index (χ4v) is 2.03. The van der Waals surface area contributed by atoms with E-state index in [9.17, 15) is 4.79 Å². The molecule has 2 rings (SSSR count). The van der Waals surface area contributed by atoms with Gasteiger partial charge in [-0.25, -0.2) is 4.79 Å². The van der Waals surface area contributed by atoms with Gasteiger partial charge in [0.15, 0.2) is 0 Å². The van der Waals surface area contributed by atoms with Crippen molar-refractivity contribution >= 4 is 23.3 Å². The molecule has 20 heavy (non-hydrogen) atoms. The van der Waals surface area contributed by atoms with E-state index < -0.39 is 5.97 Å². The lowest BCUT2D eigenvalue weighted by Gasteiger charge is -2.09. The number of halogens is 1. The number of nitrogens with zero attached hydrogens (tertiary/aromatic N) is 1. The number of nitrogens with one attached hydrogen (secondary N) is 1. The van der Waals surface area contributed by atoms with Gasteiger partial charge in [0.25, 0.3) is 0 Å². The van der Waals surface area contributed by atoms with Gasteiger partial charge in [-0.3, -0.25) is 0 Å². The third-order valence-electron chi connectivity index (χ3n) is 3.02. The summed E-state index contributed by atoms with van der Waals surface area (Å²) in [5.74, 6) is 0.359. The van der Waals surface area contributed by atoms with E-state index in [4.69, 9.17) is 16.1 Å². The molecule has 0 aliphatic carbocycles. The first-order valence-electron chi connectivity index (χ1n) is 6.06. The molecule has 0 aliphatic rings. The van der Waals surface area contributed by atoms with Crippen LogP contribution in [0.15, 0.2) is 22.7 Å². The van der Waals surface area contributed by atoms with Crippen molar-refractivity contribution in [3.8, 4) is 0 Å². The molecule has 0 amide bonds. The van der Waals surface area contributed by atoms with E-state index >= 15 is 0 Å². The van der Waals surface area contributed by atoms with Gasteiger partial charge in [-0.1, -0.05) is 16.8 Å². The van der Waals surface area contributed by atoms with Gasteiger partial charge in [0.2, 0.25) is 0 Å². The summed E-state index contributed by atoms with van der Waals surface area (Å²) in [6.45, 7) is 4.25. The van der Waals surface area contributed by atoms with Gasteiger partial charge in [-0.05, 0) is 32.0 Å². The van der Waals surface area contributed by atoms with Gasteiger partial charge >= 0.3 is 5.97 Å². The van der Waals surface area contributed by atoms with E-state index in [2.05, 4.69) is 15.2 Å². The minimum absolute atomic E-state index is 0.401. The van der Waals surface area contributed by atoms with Crippen LogP contribution in [0.25, 0.3) is 0 Å². The van der Waals surface area contributed by atoms with Gasteiger partial charge in [0, 0.05) is 12.1 Å². The average molecular weight is 295 g/mol. The summed E-state index contributed by atoms with van der Waals surface area (Å²) < 4.78 is 9.78. The predicted octanol–water partition coefficient (Wildman–Crippen LogP) is 3.34. The number of benzene rings is 1. The normalized spacial score (nSPS) is 10.4. The summed E-state index contributed by atoms with van der Waals surface area (Å²) in [4.78, 5) is 11.5. The molecule has 0 fully saturated rings. The van der Waals surface area contributed by atoms with Crippen LogP contribution in [0.2, 0.25) is 5.02 Å². The first kappa shape index (κ1) is 14.4. The number of esters is 1. The summed E-state index contributed by atoms with van der Waals surface area (Å²) in [5.41, 5.74) is 2.91. The summed E-state index contributed by atoms with van der Waals surface area (Å²) in [5, 5.41) is 7.60. The molecule has 0 saturated heterocycles. The molecular weight excluding hydrogens is 280 g/mol. The number of aromatic nitrogens is 1. The lowest BCUT2D eigenvalue weighted by atomic mass is 10.1. The zero-order valence-electron chi connectivity index (χ0n) is 11.5. The Morgan fingerprint density at radius 1 is 1.45 bits per heavy atom. The molecule has 5 nitrogen and oxygen atoms in total. The molecular formula is C14H15ClN2O3. The second kappa shape index (κ2) is 5.96. The van der Waals surface area contributed by atoms with E-state index in [0.717, 1.165) is 17.0 Å². The summed E-state index contributed by atoms with van der Waals surface area (Å²) in [6.07, 6.45) is 0. The van der Waals surface area contributed by atoms with E-state index in [1.807, 2.05) is 13.8 Å². The quantitative estimate of drug-likeness (QED) is 0.876. The Bertz CT molecular complexity index is 618. The molecule has 1 N–H and O–H groups in total. The maximum atomic E-state index is 11.5. The van der Waals surface area contributed by atoms with Gasteiger partial charge in [0.05, 0.1) is 29.1 Å². The molecule has 6 heteroatoms. The van der Waals surface area contributed by atoms with Crippen molar-refractivity contribution in [2.75, 3.05) is 12.4 Å². The lowest BCUT2D eigenvalue weighted by Crippen LogP contribution is -2.05. The van der Waals surface area contributed by atoms with Crippen molar-refractivity contribution in [1.82, 2.24) is 5.16 Å². The standard InChI is InChI=1S/C14H15ClN2O3/c1-8-11(9(2)20-17-8)7-16-13-6-10(14(18)19-3)4-5-12(13)15/h4-6,16H,7H2,1-3H3. The minimum atomic E-state index is -0.401. The molecule has 1 aromatic heterocycles. The van der Waals surface area contributed by atoms with Crippen LogP contribution in [0, 0.1) is 13.8 Å². The number of carbonyl (C=O) groups is 1. The first-order valence-corrected chi connectivity index (χ1v) is 6.44. The van der Waals surface area contributed by atoms with E-state index in [0.29, 0.717) is 22.8 Å². The fourth-order valence-electron chi connectivity index (χ4n) is 1.84. The summed E-state index contributed by atoms with van der Waals surface area (Å²) >= 11 is 6.11. The third kappa shape index (κ3) is 2.93. The third-order valence-corrected chi connectivity index (χ3v) is 3.35. The molecule has 1 heterocycles. The molecule has 0 atom stereocenters. The topological polar surface area (TPSA) is 64.4 Å². The largest absolute Gasteiger partial charge is 0.465 e. The molecule has 0 aliphatic heterocycles. The number of carbonyl (C=O) groups excluding carboxylic acids is 1. The highest BCUT2D eigenvalue weighted by atomic mass is 35.5. The second-order valence-electron chi connectivity index (χ2n) is 4.34. The van der Waals surface area contributed by atoms with Gasteiger partial charge in [0.1, 0.15) is 5.76 Å². The molecule has 0 unspecified atom stereocenters. The number of hydrogen-bond donors (Lipinski definition) is 1. The second-order valence-corrected chi connectivity index (χ2v) is 4.75. The van der Waals surface area contributed by atoms with Crippen LogP contribution >= 0.6 is 11.6 Å². The Kier molecular flexibility index (Phi) is 4.29. The SMILES string of the molecule is COC(=O)c1ccc(Cl)c(NCc2c(C)noc2C)c1. The highest BCUT2D eigenvalue weighted by Crippen LogP contribution is 2.25. The van der Waals surface area contributed by atoms with Crippen molar-refractivity contribution in [3.05, 3.63) is 45.8 Å². The van der Waals surface area contributed by atoms with E-state index in [1.165, 1.54) is 7.11 Å². The van der Waals surface area contributed by atoms with Crippen LogP contribution in [-0.2, 0) is 11.3 Å². The Labute approximate surface area is 121 Å². The lowest BCUT2D eigenvalue weighted by molar-refractivity contribution is 0.0601.